The number of hydrogen-bond acceptors (Lipinski definition) is 7. The van der Waals surface area contributed by atoms with Crippen molar-refractivity contribution < 1.29 is 19.1 Å². The topological polar surface area (TPSA) is 130 Å². The van der Waals surface area contributed by atoms with E-state index in [2.05, 4.69) is 25.3 Å². The zero-order valence-electron chi connectivity index (χ0n) is 13.9. The Morgan fingerprint density at radius 1 is 1.33 bits per heavy atom. The largest absolute Gasteiger partial charge is 0.469 e. The molecule has 10 heteroatoms. The van der Waals surface area contributed by atoms with Crippen molar-refractivity contribution in [2.45, 2.75) is 37.9 Å². The van der Waals surface area contributed by atoms with Gasteiger partial charge >= 0.3 is 12.0 Å². The number of esters is 1. The summed E-state index contributed by atoms with van der Waals surface area (Å²) < 4.78 is 4.51. The Morgan fingerprint density at radius 3 is 2.58 bits per heavy atom. The molecule has 3 amide bonds. The van der Waals surface area contributed by atoms with Crippen LogP contribution in [0.2, 0.25) is 0 Å². The lowest BCUT2D eigenvalue weighted by atomic mass is 10.1. The second kappa shape index (κ2) is 8.48. The van der Waals surface area contributed by atoms with Crippen LogP contribution in [0.4, 0.5) is 4.79 Å². The average Bonchev–Trinajstić information content (AvgIpc) is 2.42. The summed E-state index contributed by atoms with van der Waals surface area (Å²) in [4.78, 5) is 52.5. The molecule has 0 aliphatic rings. The summed E-state index contributed by atoms with van der Waals surface area (Å²) in [5.41, 5.74) is -0.678. The first kappa shape index (κ1) is 19.7. The fraction of sp³-hybridized carbons (Fsp3) is 0.500. The summed E-state index contributed by atoms with van der Waals surface area (Å²) in [5, 5.41) is 4.94. The lowest BCUT2D eigenvalue weighted by molar-refractivity contribution is -0.139. The van der Waals surface area contributed by atoms with E-state index >= 15 is 0 Å². The van der Waals surface area contributed by atoms with Gasteiger partial charge in [-0.2, -0.15) is 0 Å². The van der Waals surface area contributed by atoms with Gasteiger partial charge in [0, 0.05) is 11.6 Å². The quantitative estimate of drug-likeness (QED) is 0.390. The van der Waals surface area contributed by atoms with Crippen molar-refractivity contribution >= 4 is 29.7 Å². The molecule has 0 aromatic carbocycles. The zero-order chi connectivity index (χ0) is 18.3. The van der Waals surface area contributed by atoms with Crippen LogP contribution >= 0.6 is 11.8 Å². The molecule has 0 aliphatic carbocycles. The summed E-state index contributed by atoms with van der Waals surface area (Å²) in [7, 11) is 1.23. The van der Waals surface area contributed by atoms with Crippen LogP contribution in [0, 0.1) is 0 Å². The minimum absolute atomic E-state index is 0.123. The van der Waals surface area contributed by atoms with Gasteiger partial charge in [-0.3, -0.25) is 19.7 Å². The Hall–Kier alpha value is -2.36. The molecule has 0 saturated heterocycles. The molecule has 1 aromatic heterocycles. The van der Waals surface area contributed by atoms with Gasteiger partial charge in [-0.15, -0.1) is 0 Å². The average molecular weight is 356 g/mol. The SMILES string of the molecule is COC(=O)Cc1cc(=O)[nH]c(SCC(=O)NC(=O)NC(C)(C)C)n1. The zero-order valence-corrected chi connectivity index (χ0v) is 14.7. The number of rotatable bonds is 5. The maximum absolute atomic E-state index is 11.7. The molecule has 1 rings (SSSR count). The first-order chi connectivity index (χ1) is 11.1. The molecule has 132 valence electrons. The highest BCUT2D eigenvalue weighted by molar-refractivity contribution is 7.99. The molecule has 0 atom stereocenters. The fourth-order valence-corrected chi connectivity index (χ4v) is 2.23. The second-order valence-corrected chi connectivity index (χ2v) is 6.80. The van der Waals surface area contributed by atoms with Crippen LogP contribution in [0.3, 0.4) is 0 Å². The van der Waals surface area contributed by atoms with Crippen LogP contribution in [-0.4, -0.2) is 46.3 Å². The molecule has 0 unspecified atom stereocenters. The molecular formula is C14H20N4O5S. The number of carbonyl (C=O) groups excluding carboxylic acids is 3. The van der Waals surface area contributed by atoms with E-state index in [4.69, 9.17) is 0 Å². The molecular weight excluding hydrogens is 336 g/mol. The summed E-state index contributed by atoms with van der Waals surface area (Å²) in [6.07, 6.45) is -0.145. The lowest BCUT2D eigenvalue weighted by Crippen LogP contribution is -2.48. The van der Waals surface area contributed by atoms with E-state index in [0.29, 0.717) is 0 Å². The molecule has 0 saturated carbocycles. The van der Waals surface area contributed by atoms with E-state index < -0.39 is 29.0 Å². The number of nitrogens with one attached hydrogen (secondary N) is 3. The van der Waals surface area contributed by atoms with Crippen molar-refractivity contribution in [3.05, 3.63) is 22.1 Å². The highest BCUT2D eigenvalue weighted by Crippen LogP contribution is 2.11. The molecule has 24 heavy (non-hydrogen) atoms. The summed E-state index contributed by atoms with van der Waals surface area (Å²) in [5.74, 6) is -1.19. The summed E-state index contributed by atoms with van der Waals surface area (Å²) in [6.45, 7) is 5.35. The Bertz CT molecular complexity index is 680. The molecule has 1 heterocycles. The number of ether oxygens (including phenoxy) is 1. The number of amides is 3. The number of imide groups is 1. The van der Waals surface area contributed by atoms with E-state index in [1.807, 2.05) is 0 Å². The Kier molecular flexibility index (Phi) is 6.96. The van der Waals surface area contributed by atoms with Crippen molar-refractivity contribution in [2.24, 2.45) is 0 Å². The predicted molar refractivity (Wildman–Crippen MR) is 87.7 cm³/mol. The van der Waals surface area contributed by atoms with Crippen LogP contribution in [0.1, 0.15) is 26.5 Å². The molecule has 0 fully saturated rings. The van der Waals surface area contributed by atoms with Crippen LogP contribution < -0.4 is 16.2 Å². The minimum Gasteiger partial charge on any atom is -0.469 e. The smallest absolute Gasteiger partial charge is 0.321 e. The number of hydrogen-bond donors (Lipinski definition) is 3. The van der Waals surface area contributed by atoms with Gasteiger partial charge in [-0.1, -0.05) is 11.8 Å². The van der Waals surface area contributed by atoms with Gasteiger partial charge in [0.1, 0.15) is 0 Å². The third-order valence-electron chi connectivity index (χ3n) is 2.41. The first-order valence-electron chi connectivity index (χ1n) is 7.01. The standard InChI is InChI=1S/C14H20N4O5S/c1-14(2,3)18-12(22)16-10(20)7-24-13-15-8(5-9(19)17-13)6-11(21)23-4/h5H,6-7H2,1-4H3,(H,15,17,19)(H2,16,18,20,22). The molecule has 0 bridgehead atoms. The number of aromatic nitrogens is 2. The van der Waals surface area contributed by atoms with Crippen molar-refractivity contribution in [1.29, 1.82) is 0 Å². The Morgan fingerprint density at radius 2 is 2.00 bits per heavy atom. The van der Waals surface area contributed by atoms with E-state index in [1.165, 1.54) is 13.2 Å². The lowest BCUT2D eigenvalue weighted by Gasteiger charge is -2.20. The summed E-state index contributed by atoms with van der Waals surface area (Å²) in [6, 6.07) is 0.576. The van der Waals surface area contributed by atoms with Gasteiger partial charge in [-0.25, -0.2) is 9.78 Å². The van der Waals surface area contributed by atoms with Crippen LogP contribution in [-0.2, 0) is 20.7 Å². The van der Waals surface area contributed by atoms with Crippen molar-refractivity contribution in [3.63, 3.8) is 0 Å². The normalized spacial score (nSPS) is 10.8. The monoisotopic (exact) mass is 356 g/mol. The second-order valence-electron chi connectivity index (χ2n) is 5.84. The highest BCUT2D eigenvalue weighted by Gasteiger charge is 2.16. The third-order valence-corrected chi connectivity index (χ3v) is 3.28. The number of methoxy groups -OCH3 is 1. The van der Waals surface area contributed by atoms with Crippen LogP contribution in [0.5, 0.6) is 0 Å². The van der Waals surface area contributed by atoms with E-state index in [1.54, 1.807) is 20.8 Å². The van der Waals surface area contributed by atoms with Crippen molar-refractivity contribution in [3.8, 4) is 0 Å². The predicted octanol–water partition coefficient (Wildman–Crippen LogP) is 0.202. The minimum atomic E-state index is -0.603. The van der Waals surface area contributed by atoms with Crippen molar-refractivity contribution in [1.82, 2.24) is 20.6 Å². The van der Waals surface area contributed by atoms with E-state index in [9.17, 15) is 19.2 Å². The number of carbonyl (C=O) groups is 3. The number of aromatic amines is 1. The molecule has 0 spiro atoms. The highest BCUT2D eigenvalue weighted by atomic mass is 32.2. The van der Waals surface area contributed by atoms with Gasteiger partial charge < -0.3 is 15.0 Å². The van der Waals surface area contributed by atoms with Crippen LogP contribution in [0.15, 0.2) is 16.0 Å². The number of H-pyrrole nitrogens is 1. The maximum Gasteiger partial charge on any atom is 0.321 e. The van der Waals surface area contributed by atoms with Gasteiger partial charge in [0.15, 0.2) is 5.16 Å². The third kappa shape index (κ3) is 7.77. The van der Waals surface area contributed by atoms with Gasteiger partial charge in [0.25, 0.3) is 5.56 Å². The number of thioether (sulfide) groups is 1. The molecule has 9 nitrogen and oxygen atoms in total. The Labute approximate surface area is 143 Å². The van der Waals surface area contributed by atoms with Gasteiger partial charge in [0.2, 0.25) is 5.91 Å². The molecule has 0 aliphatic heterocycles. The van der Waals surface area contributed by atoms with E-state index in [0.717, 1.165) is 11.8 Å². The Balaban J connectivity index is 2.60. The fourth-order valence-electron chi connectivity index (χ4n) is 1.53. The maximum atomic E-state index is 11.7. The molecule has 3 N–H and O–H groups in total. The molecule has 1 aromatic rings. The van der Waals surface area contributed by atoms with E-state index in [-0.39, 0.29) is 23.0 Å². The van der Waals surface area contributed by atoms with Gasteiger partial charge in [-0.05, 0) is 20.8 Å². The summed E-state index contributed by atoms with van der Waals surface area (Å²) >= 11 is 0.941. The van der Waals surface area contributed by atoms with Crippen molar-refractivity contribution in [2.75, 3.05) is 12.9 Å². The first-order valence-corrected chi connectivity index (χ1v) is 7.99. The molecule has 0 radical (unpaired) electrons. The van der Waals surface area contributed by atoms with Crippen LogP contribution in [0.25, 0.3) is 0 Å². The number of urea groups is 1. The number of nitrogens with zero attached hydrogens (tertiary/aromatic N) is 1. The van der Waals surface area contributed by atoms with Gasteiger partial charge in [0.05, 0.1) is 25.0 Å².